The number of halogens is 1. The molecule has 1 aromatic carbocycles. The van der Waals surface area contributed by atoms with Gasteiger partial charge in [-0.2, -0.15) is 0 Å². The molecule has 4 nitrogen and oxygen atoms in total. The van der Waals surface area contributed by atoms with Crippen LogP contribution in [0.3, 0.4) is 0 Å². The molecule has 108 valence electrons. The Morgan fingerprint density at radius 2 is 2.00 bits per heavy atom. The van der Waals surface area contributed by atoms with E-state index in [0.717, 1.165) is 16.4 Å². The smallest absolute Gasteiger partial charge is 0.329 e. The van der Waals surface area contributed by atoms with E-state index in [1.807, 2.05) is 6.07 Å². The van der Waals surface area contributed by atoms with E-state index in [-0.39, 0.29) is 5.91 Å². The molecule has 0 atom stereocenters. The Kier molecular flexibility index (Phi) is 4.67. The zero-order chi connectivity index (χ0) is 14.8. The van der Waals surface area contributed by atoms with Crippen molar-refractivity contribution >= 4 is 34.5 Å². The molecule has 0 spiro atoms. The van der Waals surface area contributed by atoms with Crippen molar-refractivity contribution in [2.24, 2.45) is 5.92 Å². The van der Waals surface area contributed by atoms with Gasteiger partial charge < -0.3 is 10.4 Å². The first-order valence-corrected chi connectivity index (χ1v) is 7.82. The lowest BCUT2D eigenvalue weighted by molar-refractivity contribution is -0.146. The normalized spacial score (nSPS) is 26.0. The molecule has 0 unspecified atom stereocenters. The van der Waals surface area contributed by atoms with Crippen molar-refractivity contribution in [1.82, 2.24) is 5.32 Å². The molecule has 0 radical (unpaired) electrons. The molecule has 1 aliphatic carbocycles. The van der Waals surface area contributed by atoms with Crippen molar-refractivity contribution in [3.05, 3.63) is 33.4 Å². The first-order valence-electron chi connectivity index (χ1n) is 6.74. The minimum Gasteiger partial charge on any atom is -0.480 e. The largest absolute Gasteiger partial charge is 0.480 e. The van der Waals surface area contributed by atoms with Gasteiger partial charge in [0.05, 0.1) is 0 Å². The number of hydrogen-bond donors (Lipinski definition) is 2. The third-order valence-electron chi connectivity index (χ3n) is 3.98. The van der Waals surface area contributed by atoms with Crippen molar-refractivity contribution in [3.63, 3.8) is 0 Å². The van der Waals surface area contributed by atoms with Crippen LogP contribution in [0, 0.1) is 9.49 Å². The molecule has 1 fully saturated rings. The van der Waals surface area contributed by atoms with Gasteiger partial charge in [0.1, 0.15) is 5.54 Å². The number of amides is 1. The molecule has 0 saturated heterocycles. The number of carboxylic acid groups (broad SMARTS) is 1. The number of nitrogens with one attached hydrogen (secondary N) is 1. The van der Waals surface area contributed by atoms with Gasteiger partial charge in [0, 0.05) is 9.13 Å². The third kappa shape index (κ3) is 3.31. The maximum Gasteiger partial charge on any atom is 0.329 e. The van der Waals surface area contributed by atoms with Gasteiger partial charge in [0.2, 0.25) is 0 Å². The van der Waals surface area contributed by atoms with Crippen LogP contribution in [-0.4, -0.2) is 22.5 Å². The minimum atomic E-state index is -1.11. The molecule has 1 aliphatic rings. The zero-order valence-electron chi connectivity index (χ0n) is 11.4. The molecule has 20 heavy (non-hydrogen) atoms. The van der Waals surface area contributed by atoms with Crippen LogP contribution in [0.25, 0.3) is 0 Å². The lowest BCUT2D eigenvalue weighted by Crippen LogP contribution is -2.56. The van der Waals surface area contributed by atoms with Gasteiger partial charge in [-0.1, -0.05) is 13.0 Å². The van der Waals surface area contributed by atoms with E-state index in [9.17, 15) is 14.7 Å². The monoisotopic (exact) mass is 387 g/mol. The Balaban J connectivity index is 2.17. The van der Waals surface area contributed by atoms with Gasteiger partial charge in [0.15, 0.2) is 0 Å². The van der Waals surface area contributed by atoms with Crippen LogP contribution in [0.1, 0.15) is 43.0 Å². The molecular weight excluding hydrogens is 369 g/mol. The summed E-state index contributed by atoms with van der Waals surface area (Å²) < 4.78 is 0.955. The average Bonchev–Trinajstić information content (AvgIpc) is 2.41. The lowest BCUT2D eigenvalue weighted by Gasteiger charge is -2.36. The highest BCUT2D eigenvalue weighted by Crippen LogP contribution is 2.32. The summed E-state index contributed by atoms with van der Waals surface area (Å²) in [6, 6.07) is 7.16. The van der Waals surface area contributed by atoms with E-state index in [2.05, 4.69) is 34.8 Å². The van der Waals surface area contributed by atoms with Gasteiger partial charge in [-0.3, -0.25) is 4.79 Å². The number of carbonyl (C=O) groups excluding carboxylic acids is 1. The van der Waals surface area contributed by atoms with Crippen LogP contribution < -0.4 is 5.32 Å². The topological polar surface area (TPSA) is 66.4 Å². The van der Waals surface area contributed by atoms with Gasteiger partial charge in [-0.05, 0) is 72.4 Å². The molecule has 1 amide bonds. The first-order chi connectivity index (χ1) is 9.43. The summed E-state index contributed by atoms with van der Waals surface area (Å²) in [5.41, 5.74) is -0.596. The lowest BCUT2D eigenvalue weighted by atomic mass is 9.77. The molecule has 0 bridgehead atoms. The van der Waals surface area contributed by atoms with Crippen LogP contribution in [-0.2, 0) is 4.79 Å². The second kappa shape index (κ2) is 6.11. The summed E-state index contributed by atoms with van der Waals surface area (Å²) in [5, 5.41) is 12.3. The van der Waals surface area contributed by atoms with E-state index in [1.54, 1.807) is 18.2 Å². The van der Waals surface area contributed by atoms with Gasteiger partial charge in [-0.25, -0.2) is 4.79 Å². The predicted molar refractivity (Wildman–Crippen MR) is 84.6 cm³/mol. The molecule has 0 aliphatic heterocycles. The van der Waals surface area contributed by atoms with Crippen LogP contribution in [0.5, 0.6) is 0 Å². The first kappa shape index (κ1) is 15.3. The van der Waals surface area contributed by atoms with E-state index in [0.29, 0.717) is 24.3 Å². The number of benzene rings is 1. The quantitative estimate of drug-likeness (QED) is 0.784. The zero-order valence-corrected chi connectivity index (χ0v) is 13.5. The van der Waals surface area contributed by atoms with Crippen LogP contribution in [0.4, 0.5) is 0 Å². The fraction of sp³-hybridized carbons (Fsp3) is 0.467. The van der Waals surface area contributed by atoms with E-state index in [4.69, 9.17) is 0 Å². The van der Waals surface area contributed by atoms with E-state index < -0.39 is 11.5 Å². The summed E-state index contributed by atoms with van der Waals surface area (Å²) in [4.78, 5) is 23.9. The summed E-state index contributed by atoms with van der Waals surface area (Å²) in [6.45, 7) is 2.12. The molecule has 5 heteroatoms. The summed E-state index contributed by atoms with van der Waals surface area (Å²) in [6.07, 6.45) is 2.66. The summed E-state index contributed by atoms with van der Waals surface area (Å²) in [5.74, 6) is -0.708. The summed E-state index contributed by atoms with van der Waals surface area (Å²) >= 11 is 2.13. The number of hydrogen-bond acceptors (Lipinski definition) is 2. The third-order valence-corrected chi connectivity index (χ3v) is 4.65. The van der Waals surface area contributed by atoms with Crippen molar-refractivity contribution in [2.45, 2.75) is 38.1 Å². The summed E-state index contributed by atoms with van der Waals surface area (Å²) in [7, 11) is 0. The van der Waals surface area contributed by atoms with Crippen LogP contribution >= 0.6 is 22.6 Å². The maximum absolute atomic E-state index is 12.3. The Morgan fingerprint density at radius 1 is 1.35 bits per heavy atom. The number of aliphatic carboxylic acids is 1. The SMILES string of the molecule is CC1CCC(NC(=O)c2cccc(I)c2)(C(=O)O)CC1. The second-order valence-corrected chi connectivity index (χ2v) is 6.78. The molecule has 2 rings (SSSR count). The maximum atomic E-state index is 12.3. The second-order valence-electron chi connectivity index (χ2n) is 5.53. The van der Waals surface area contributed by atoms with Crippen molar-refractivity contribution in [1.29, 1.82) is 0 Å². The molecule has 1 aromatic rings. The van der Waals surface area contributed by atoms with Gasteiger partial charge in [0.25, 0.3) is 5.91 Å². The Labute approximate surface area is 132 Å². The highest BCUT2D eigenvalue weighted by atomic mass is 127. The highest BCUT2D eigenvalue weighted by Gasteiger charge is 2.42. The van der Waals surface area contributed by atoms with E-state index >= 15 is 0 Å². The van der Waals surface area contributed by atoms with Gasteiger partial charge in [-0.15, -0.1) is 0 Å². The molecular formula is C15H18INO3. The average molecular weight is 387 g/mol. The molecule has 0 aromatic heterocycles. The highest BCUT2D eigenvalue weighted by molar-refractivity contribution is 14.1. The van der Waals surface area contributed by atoms with Crippen molar-refractivity contribution in [2.75, 3.05) is 0 Å². The predicted octanol–water partition coefficient (Wildman–Crippen LogP) is 3.05. The Hall–Kier alpha value is -1.11. The number of carboxylic acids is 1. The molecule has 0 heterocycles. The van der Waals surface area contributed by atoms with Gasteiger partial charge >= 0.3 is 5.97 Å². The fourth-order valence-corrected chi connectivity index (χ4v) is 3.11. The number of carbonyl (C=O) groups is 2. The van der Waals surface area contributed by atoms with Crippen LogP contribution in [0.15, 0.2) is 24.3 Å². The minimum absolute atomic E-state index is 0.305. The molecule has 1 saturated carbocycles. The van der Waals surface area contributed by atoms with E-state index in [1.165, 1.54) is 0 Å². The number of rotatable bonds is 3. The Morgan fingerprint density at radius 3 is 2.55 bits per heavy atom. The molecule has 2 N–H and O–H groups in total. The fourth-order valence-electron chi connectivity index (χ4n) is 2.57. The van der Waals surface area contributed by atoms with Crippen LogP contribution in [0.2, 0.25) is 0 Å². The Bertz CT molecular complexity index is 522. The van der Waals surface area contributed by atoms with Crippen molar-refractivity contribution in [3.8, 4) is 0 Å². The van der Waals surface area contributed by atoms with Crippen molar-refractivity contribution < 1.29 is 14.7 Å². The standard InChI is InChI=1S/C15H18INO3/c1-10-5-7-15(8-6-10,14(19)20)17-13(18)11-3-2-4-12(16)9-11/h2-4,9-10H,5-8H2,1H3,(H,17,18)(H,19,20).